The summed E-state index contributed by atoms with van der Waals surface area (Å²) in [6.07, 6.45) is 3.73. The van der Waals surface area contributed by atoms with E-state index in [0.717, 1.165) is 0 Å². The summed E-state index contributed by atoms with van der Waals surface area (Å²) in [7, 11) is 2.47. The highest BCUT2D eigenvalue weighted by atomic mass is 14.6. The van der Waals surface area contributed by atoms with Gasteiger partial charge in [-0.2, -0.15) is 0 Å². The summed E-state index contributed by atoms with van der Waals surface area (Å²) < 4.78 is 0. The van der Waals surface area contributed by atoms with Gasteiger partial charge >= 0.3 is 0 Å². The lowest BCUT2D eigenvalue weighted by molar-refractivity contribution is 0.837. The Bertz CT molecular complexity index is 59.0. The Labute approximate surface area is 59.9 Å². The second-order valence-corrected chi connectivity index (χ2v) is 2.69. The van der Waals surface area contributed by atoms with E-state index in [1.165, 1.54) is 33.6 Å². The third-order valence-corrected chi connectivity index (χ3v) is 1.59. The first-order chi connectivity index (χ1) is 4.31. The fourth-order valence-electron chi connectivity index (χ4n) is 0.981. The summed E-state index contributed by atoms with van der Waals surface area (Å²) in [6, 6.07) is 0. The van der Waals surface area contributed by atoms with E-state index in [2.05, 4.69) is 13.7 Å². The van der Waals surface area contributed by atoms with Crippen molar-refractivity contribution in [3.8, 4) is 0 Å². The van der Waals surface area contributed by atoms with Crippen LogP contribution in [0.2, 0.25) is 19.5 Å². The van der Waals surface area contributed by atoms with Crippen molar-refractivity contribution in [2.24, 2.45) is 5.73 Å². The van der Waals surface area contributed by atoms with Crippen LogP contribution < -0.4 is 5.73 Å². The highest BCUT2D eigenvalue weighted by molar-refractivity contribution is 6.38. The van der Waals surface area contributed by atoms with E-state index in [1.807, 2.05) is 0 Å². The fraction of sp³-hybridized carbons (Fsp3) is 1.00. The molecule has 0 aliphatic heterocycles. The zero-order valence-electron chi connectivity index (χ0n) is 6.69. The SMILES string of the molecule is CBCC[C@H](N)BCC. The van der Waals surface area contributed by atoms with Crippen LogP contribution in [0.1, 0.15) is 13.3 Å². The summed E-state index contributed by atoms with van der Waals surface area (Å²) in [6.45, 7) is 4.39. The summed E-state index contributed by atoms with van der Waals surface area (Å²) in [5.74, 6) is 0.468. The molecule has 1 atom stereocenters. The molecule has 0 saturated carbocycles. The van der Waals surface area contributed by atoms with Gasteiger partial charge in [0.05, 0.1) is 0 Å². The van der Waals surface area contributed by atoms with Crippen LogP contribution in [0.15, 0.2) is 0 Å². The van der Waals surface area contributed by atoms with Crippen LogP contribution in [0.3, 0.4) is 0 Å². The van der Waals surface area contributed by atoms with Gasteiger partial charge in [-0.05, 0) is 5.94 Å². The van der Waals surface area contributed by atoms with Gasteiger partial charge in [0.15, 0.2) is 0 Å². The molecule has 0 aliphatic carbocycles. The molecule has 0 aliphatic rings. The second-order valence-electron chi connectivity index (χ2n) is 2.69. The first kappa shape index (κ1) is 9.09. The van der Waals surface area contributed by atoms with Crippen molar-refractivity contribution in [2.75, 3.05) is 0 Å². The Morgan fingerprint density at radius 2 is 2.22 bits per heavy atom. The Hall–Kier alpha value is 0.0899. The van der Waals surface area contributed by atoms with Crippen LogP contribution in [-0.4, -0.2) is 20.5 Å². The molecule has 0 unspecified atom stereocenters. The van der Waals surface area contributed by atoms with Gasteiger partial charge < -0.3 is 5.73 Å². The zero-order valence-corrected chi connectivity index (χ0v) is 6.69. The summed E-state index contributed by atoms with van der Waals surface area (Å²) in [5, 5.41) is 0. The zero-order chi connectivity index (χ0) is 7.11. The van der Waals surface area contributed by atoms with Crippen LogP contribution in [-0.2, 0) is 0 Å². The Kier molecular flexibility index (Phi) is 6.28. The average Bonchev–Trinajstić information content (AvgIpc) is 1.85. The maximum Gasteiger partial charge on any atom is 0.141 e. The maximum atomic E-state index is 5.77. The number of hydrogen-bond donors (Lipinski definition) is 1. The lowest BCUT2D eigenvalue weighted by Gasteiger charge is -2.05. The third kappa shape index (κ3) is 5.97. The third-order valence-electron chi connectivity index (χ3n) is 1.59. The fourth-order valence-corrected chi connectivity index (χ4v) is 0.981. The lowest BCUT2D eigenvalue weighted by Crippen LogP contribution is -2.26. The lowest BCUT2D eigenvalue weighted by atomic mass is 9.63. The first-order valence-corrected chi connectivity index (χ1v) is 4.06. The molecule has 0 aromatic rings. The predicted octanol–water partition coefficient (Wildman–Crippen LogP) is 0.439. The molecule has 3 heteroatoms. The number of hydrogen-bond acceptors (Lipinski definition) is 1. The first-order valence-electron chi connectivity index (χ1n) is 4.06. The van der Waals surface area contributed by atoms with Crippen molar-refractivity contribution in [3.63, 3.8) is 0 Å². The van der Waals surface area contributed by atoms with Crippen LogP contribution in [0.25, 0.3) is 0 Å². The van der Waals surface area contributed by atoms with E-state index < -0.39 is 0 Å². The highest BCUT2D eigenvalue weighted by Gasteiger charge is 2.00. The van der Waals surface area contributed by atoms with Gasteiger partial charge in [0.2, 0.25) is 0 Å². The average molecular weight is 125 g/mol. The minimum absolute atomic E-state index is 0.468. The molecule has 52 valence electrons. The molecule has 0 heterocycles. The molecule has 0 saturated heterocycles. The van der Waals surface area contributed by atoms with Crippen molar-refractivity contribution in [2.45, 2.75) is 38.7 Å². The largest absolute Gasteiger partial charge is 0.335 e. The van der Waals surface area contributed by atoms with Crippen molar-refractivity contribution < 1.29 is 0 Å². The van der Waals surface area contributed by atoms with Gasteiger partial charge in [-0.15, -0.1) is 0 Å². The Balaban J connectivity index is 2.95. The van der Waals surface area contributed by atoms with E-state index >= 15 is 0 Å². The molecular weight excluding hydrogens is 108 g/mol. The van der Waals surface area contributed by atoms with E-state index in [0.29, 0.717) is 5.94 Å². The summed E-state index contributed by atoms with van der Waals surface area (Å²) in [4.78, 5) is 0. The van der Waals surface area contributed by atoms with E-state index in [1.54, 1.807) is 0 Å². The Morgan fingerprint density at radius 3 is 2.67 bits per heavy atom. The monoisotopic (exact) mass is 125 g/mol. The van der Waals surface area contributed by atoms with Gasteiger partial charge in [0, 0.05) is 0 Å². The van der Waals surface area contributed by atoms with Gasteiger partial charge in [-0.1, -0.05) is 32.8 Å². The molecule has 0 rings (SSSR count). The van der Waals surface area contributed by atoms with Gasteiger partial charge in [0.25, 0.3) is 0 Å². The predicted molar refractivity (Wildman–Crippen MR) is 48.0 cm³/mol. The van der Waals surface area contributed by atoms with Gasteiger partial charge in [-0.3, -0.25) is 0 Å². The van der Waals surface area contributed by atoms with Crippen LogP contribution in [0.5, 0.6) is 0 Å². The molecule has 0 aromatic carbocycles. The van der Waals surface area contributed by atoms with Crippen LogP contribution in [0.4, 0.5) is 0 Å². The maximum absolute atomic E-state index is 5.77. The standard InChI is InChI=1S/C6H17B2N/c1-3-8-6(9)4-5-7-2/h6-8H,3-5,9H2,1-2H3/t6-/m0/s1. The van der Waals surface area contributed by atoms with Gasteiger partial charge in [-0.25, -0.2) is 0 Å². The van der Waals surface area contributed by atoms with Crippen molar-refractivity contribution in [1.82, 2.24) is 0 Å². The molecule has 0 aromatic heterocycles. The molecule has 0 spiro atoms. The molecule has 0 fully saturated rings. The molecular formula is C6H17B2N. The number of rotatable bonds is 5. The van der Waals surface area contributed by atoms with Crippen molar-refractivity contribution in [3.05, 3.63) is 0 Å². The van der Waals surface area contributed by atoms with Crippen molar-refractivity contribution in [1.29, 1.82) is 0 Å². The van der Waals surface area contributed by atoms with Crippen LogP contribution in [0, 0.1) is 0 Å². The van der Waals surface area contributed by atoms with Gasteiger partial charge in [0.1, 0.15) is 14.6 Å². The van der Waals surface area contributed by atoms with Crippen LogP contribution >= 0.6 is 0 Å². The quantitative estimate of drug-likeness (QED) is 0.530. The molecule has 0 bridgehead atoms. The Morgan fingerprint density at radius 1 is 1.56 bits per heavy atom. The number of nitrogens with two attached hydrogens (primary N) is 1. The van der Waals surface area contributed by atoms with E-state index in [-0.39, 0.29) is 0 Å². The smallest absolute Gasteiger partial charge is 0.141 e. The van der Waals surface area contributed by atoms with E-state index in [4.69, 9.17) is 5.73 Å². The molecule has 2 N–H and O–H groups in total. The summed E-state index contributed by atoms with van der Waals surface area (Å²) in [5.41, 5.74) is 5.77. The minimum Gasteiger partial charge on any atom is -0.335 e. The second kappa shape index (κ2) is 6.21. The van der Waals surface area contributed by atoms with Crippen molar-refractivity contribution >= 4 is 14.6 Å². The molecule has 9 heavy (non-hydrogen) atoms. The topological polar surface area (TPSA) is 26.0 Å². The highest BCUT2D eigenvalue weighted by Crippen LogP contribution is 1.93. The summed E-state index contributed by atoms with van der Waals surface area (Å²) >= 11 is 0. The van der Waals surface area contributed by atoms with E-state index in [9.17, 15) is 0 Å². The molecule has 1 nitrogen and oxygen atoms in total. The molecule has 0 radical (unpaired) electrons. The minimum atomic E-state index is 0.468. The normalized spacial score (nSPS) is 12.8. The molecule has 0 amide bonds.